The summed E-state index contributed by atoms with van der Waals surface area (Å²) in [5.41, 5.74) is -4.87. The molecule has 0 radical (unpaired) electrons. The van der Waals surface area contributed by atoms with Crippen molar-refractivity contribution in [3.8, 4) is 0 Å². The largest absolute Gasteiger partial charge is 0.467 e. The second-order valence-electron chi connectivity index (χ2n) is 5.73. The molecule has 1 aromatic carbocycles. The SMILES string of the molecule is COC(=O)C(NC(=O)OC(C)(C)C)(c1ccccc1)C(F)(F)F. The van der Waals surface area contributed by atoms with Gasteiger partial charge < -0.3 is 9.47 Å². The van der Waals surface area contributed by atoms with E-state index in [1.54, 1.807) is 5.32 Å². The van der Waals surface area contributed by atoms with Gasteiger partial charge in [-0.15, -0.1) is 0 Å². The van der Waals surface area contributed by atoms with Gasteiger partial charge in [-0.3, -0.25) is 5.32 Å². The second-order valence-corrected chi connectivity index (χ2v) is 5.73. The maximum atomic E-state index is 13.7. The number of esters is 1. The molecular weight excluding hydrogens is 315 g/mol. The molecule has 0 aliphatic rings. The number of benzene rings is 1. The zero-order valence-electron chi connectivity index (χ0n) is 13.2. The molecule has 0 heterocycles. The lowest BCUT2D eigenvalue weighted by Gasteiger charge is -2.34. The Morgan fingerprint density at radius 3 is 1.96 bits per heavy atom. The van der Waals surface area contributed by atoms with Crippen molar-refractivity contribution in [3.05, 3.63) is 35.9 Å². The summed E-state index contributed by atoms with van der Waals surface area (Å²) in [7, 11) is 0.808. The van der Waals surface area contributed by atoms with Crippen LogP contribution < -0.4 is 5.32 Å². The van der Waals surface area contributed by atoms with E-state index in [1.165, 1.54) is 39.0 Å². The van der Waals surface area contributed by atoms with Crippen LogP contribution in [0.2, 0.25) is 0 Å². The predicted octanol–water partition coefficient (Wildman–Crippen LogP) is 3.14. The molecule has 1 amide bonds. The molecule has 23 heavy (non-hydrogen) atoms. The summed E-state index contributed by atoms with van der Waals surface area (Å²) in [4.78, 5) is 23.8. The van der Waals surface area contributed by atoms with E-state index in [0.29, 0.717) is 0 Å². The molecule has 0 saturated carbocycles. The Bertz CT molecular complexity index is 566. The minimum atomic E-state index is -5.14. The minimum Gasteiger partial charge on any atom is -0.467 e. The molecule has 0 aliphatic carbocycles. The fraction of sp³-hybridized carbons (Fsp3) is 0.467. The summed E-state index contributed by atoms with van der Waals surface area (Å²) in [6, 6.07) is 6.25. The van der Waals surface area contributed by atoms with Gasteiger partial charge in [0.25, 0.3) is 5.54 Å². The van der Waals surface area contributed by atoms with Crippen molar-refractivity contribution in [1.29, 1.82) is 0 Å². The first-order chi connectivity index (χ1) is 10.4. The van der Waals surface area contributed by atoms with Crippen molar-refractivity contribution in [2.24, 2.45) is 0 Å². The Morgan fingerprint density at radius 2 is 1.57 bits per heavy atom. The van der Waals surface area contributed by atoms with Crippen LogP contribution in [0, 0.1) is 0 Å². The molecule has 1 atom stereocenters. The molecule has 1 unspecified atom stereocenters. The molecule has 1 rings (SSSR count). The molecule has 128 valence electrons. The van der Waals surface area contributed by atoms with E-state index in [2.05, 4.69) is 4.74 Å². The number of nitrogens with one attached hydrogen (secondary N) is 1. The maximum absolute atomic E-state index is 13.7. The standard InChI is InChI=1S/C15H18F3NO4/c1-13(2,3)23-12(21)19-14(11(20)22-4,15(16,17)18)10-8-6-5-7-9-10/h5-9H,1-4H3,(H,19,21). The fourth-order valence-electron chi connectivity index (χ4n) is 1.89. The second kappa shape index (κ2) is 6.47. The number of ether oxygens (including phenoxy) is 2. The molecule has 1 aromatic rings. The van der Waals surface area contributed by atoms with Gasteiger partial charge in [0.15, 0.2) is 0 Å². The first kappa shape index (κ1) is 18.8. The van der Waals surface area contributed by atoms with E-state index in [1.807, 2.05) is 0 Å². The van der Waals surface area contributed by atoms with Gasteiger partial charge >= 0.3 is 18.2 Å². The predicted molar refractivity (Wildman–Crippen MR) is 75.6 cm³/mol. The Hall–Kier alpha value is -2.25. The molecule has 0 spiro atoms. The summed E-state index contributed by atoms with van der Waals surface area (Å²) in [6.45, 7) is 4.47. The van der Waals surface area contributed by atoms with Crippen molar-refractivity contribution in [1.82, 2.24) is 5.32 Å². The highest BCUT2D eigenvalue weighted by molar-refractivity contribution is 5.88. The number of hydrogen-bond donors (Lipinski definition) is 1. The zero-order chi connectivity index (χ0) is 17.9. The molecule has 8 heteroatoms. The van der Waals surface area contributed by atoms with Crippen LogP contribution in [-0.4, -0.2) is 30.9 Å². The van der Waals surface area contributed by atoms with Crippen molar-refractivity contribution in [3.63, 3.8) is 0 Å². The number of alkyl halides is 3. The molecule has 1 N–H and O–H groups in total. The highest BCUT2D eigenvalue weighted by Crippen LogP contribution is 2.40. The monoisotopic (exact) mass is 333 g/mol. The smallest absolute Gasteiger partial charge is 0.426 e. The lowest BCUT2D eigenvalue weighted by Crippen LogP contribution is -2.62. The van der Waals surface area contributed by atoms with Gasteiger partial charge in [0.05, 0.1) is 7.11 Å². The number of rotatable bonds is 3. The topological polar surface area (TPSA) is 64.6 Å². The van der Waals surface area contributed by atoms with Crippen LogP contribution in [0.3, 0.4) is 0 Å². The van der Waals surface area contributed by atoms with Gasteiger partial charge in [0.2, 0.25) is 0 Å². The number of hydrogen-bond acceptors (Lipinski definition) is 4. The third kappa shape index (κ3) is 4.14. The van der Waals surface area contributed by atoms with E-state index >= 15 is 0 Å². The molecule has 0 fully saturated rings. The quantitative estimate of drug-likeness (QED) is 0.863. The fourth-order valence-corrected chi connectivity index (χ4v) is 1.89. The third-order valence-corrected chi connectivity index (χ3v) is 2.81. The van der Waals surface area contributed by atoms with Crippen molar-refractivity contribution >= 4 is 12.1 Å². The van der Waals surface area contributed by atoms with Gasteiger partial charge in [0.1, 0.15) is 5.60 Å². The Morgan fingerprint density at radius 1 is 1.04 bits per heavy atom. The van der Waals surface area contributed by atoms with Gasteiger partial charge in [-0.1, -0.05) is 30.3 Å². The number of carbonyl (C=O) groups is 2. The van der Waals surface area contributed by atoms with E-state index in [0.717, 1.165) is 19.2 Å². The Labute approximate surface area is 131 Å². The lowest BCUT2D eigenvalue weighted by atomic mass is 9.89. The van der Waals surface area contributed by atoms with Crippen LogP contribution in [0.1, 0.15) is 26.3 Å². The van der Waals surface area contributed by atoms with Crippen LogP contribution in [0.15, 0.2) is 30.3 Å². The Balaban J connectivity index is 3.41. The molecule has 0 aromatic heterocycles. The van der Waals surface area contributed by atoms with Crippen molar-refractivity contribution in [2.45, 2.75) is 38.1 Å². The molecule has 0 aliphatic heterocycles. The van der Waals surface area contributed by atoms with Gasteiger partial charge in [0, 0.05) is 0 Å². The number of alkyl carbamates (subject to hydrolysis) is 1. The van der Waals surface area contributed by atoms with Crippen LogP contribution in [0.5, 0.6) is 0 Å². The van der Waals surface area contributed by atoms with E-state index < -0.39 is 34.9 Å². The normalized spacial score (nSPS) is 14.6. The summed E-state index contributed by atoms with van der Waals surface area (Å²) < 4.78 is 50.3. The molecule has 0 saturated heterocycles. The average molecular weight is 333 g/mol. The molecule has 5 nitrogen and oxygen atoms in total. The highest BCUT2D eigenvalue weighted by Gasteiger charge is 2.64. The van der Waals surface area contributed by atoms with Crippen LogP contribution in [0.4, 0.5) is 18.0 Å². The van der Waals surface area contributed by atoms with E-state index in [-0.39, 0.29) is 0 Å². The first-order valence-corrected chi connectivity index (χ1v) is 6.66. The highest BCUT2D eigenvalue weighted by atomic mass is 19.4. The van der Waals surface area contributed by atoms with Crippen LogP contribution in [-0.2, 0) is 19.8 Å². The van der Waals surface area contributed by atoms with E-state index in [9.17, 15) is 22.8 Å². The van der Waals surface area contributed by atoms with Crippen molar-refractivity contribution in [2.75, 3.05) is 7.11 Å². The number of amides is 1. The lowest BCUT2D eigenvalue weighted by molar-refractivity contribution is -0.214. The summed E-state index contributed by atoms with van der Waals surface area (Å²) in [5.74, 6) is -1.66. The first-order valence-electron chi connectivity index (χ1n) is 6.66. The van der Waals surface area contributed by atoms with Gasteiger partial charge in [-0.25, -0.2) is 9.59 Å². The molecular formula is C15H18F3NO4. The van der Waals surface area contributed by atoms with Crippen LogP contribution in [0.25, 0.3) is 0 Å². The van der Waals surface area contributed by atoms with Gasteiger partial charge in [-0.05, 0) is 26.3 Å². The third-order valence-electron chi connectivity index (χ3n) is 2.81. The molecule has 0 bridgehead atoms. The maximum Gasteiger partial charge on any atom is 0.426 e. The van der Waals surface area contributed by atoms with Crippen LogP contribution >= 0.6 is 0 Å². The average Bonchev–Trinajstić information content (AvgIpc) is 2.41. The van der Waals surface area contributed by atoms with E-state index in [4.69, 9.17) is 4.74 Å². The Kier molecular flexibility index (Phi) is 5.29. The summed E-state index contributed by atoms with van der Waals surface area (Å²) in [6.07, 6.45) is -6.53. The number of halogens is 3. The minimum absolute atomic E-state index is 0.481. The number of methoxy groups -OCH3 is 1. The summed E-state index contributed by atoms with van der Waals surface area (Å²) >= 11 is 0. The van der Waals surface area contributed by atoms with Gasteiger partial charge in [-0.2, -0.15) is 13.2 Å². The zero-order valence-corrected chi connectivity index (χ0v) is 13.2. The summed E-state index contributed by atoms with van der Waals surface area (Å²) in [5, 5.41) is 1.63. The number of carbonyl (C=O) groups excluding carboxylic acids is 2. The van der Waals surface area contributed by atoms with Crippen molar-refractivity contribution < 1.29 is 32.2 Å².